The third-order valence-corrected chi connectivity index (χ3v) is 4.10. The number of nitrogens with one attached hydrogen (secondary N) is 1. The van der Waals surface area contributed by atoms with Crippen LogP contribution in [0.1, 0.15) is 42.2 Å². The minimum atomic E-state index is 0.130. The van der Waals surface area contributed by atoms with Gasteiger partial charge in [-0.25, -0.2) is 0 Å². The average Bonchev–Trinajstić information content (AvgIpc) is 3.16. The molecule has 1 saturated heterocycles. The Morgan fingerprint density at radius 1 is 1.15 bits per heavy atom. The molecule has 0 aliphatic carbocycles. The number of nitrogens with zero attached hydrogens (tertiary/aromatic N) is 3. The smallest absolute Gasteiger partial charge is 0.162 e. The van der Waals surface area contributed by atoms with Crippen LogP contribution in [-0.4, -0.2) is 27.9 Å². The largest absolute Gasteiger partial charge is 0.370 e. The van der Waals surface area contributed by atoms with Crippen molar-refractivity contribution in [3.8, 4) is 0 Å². The Balaban J connectivity index is 1.71. The van der Waals surface area contributed by atoms with E-state index in [0.717, 1.165) is 44.2 Å². The Kier molecular flexibility index (Phi) is 3.01. The molecule has 0 bridgehead atoms. The summed E-state index contributed by atoms with van der Waals surface area (Å²) in [5.41, 5.74) is 1.24. The average molecular weight is 270 g/mol. The fraction of sp³-hybridized carbons (Fsp3) is 0.467. The predicted octanol–water partition coefficient (Wildman–Crippen LogP) is 1.82. The molecule has 5 nitrogen and oxygen atoms in total. The van der Waals surface area contributed by atoms with Gasteiger partial charge in [-0.3, -0.25) is 0 Å². The van der Waals surface area contributed by atoms with E-state index in [1.54, 1.807) is 0 Å². The predicted molar refractivity (Wildman–Crippen MR) is 74.2 cm³/mol. The third-order valence-electron chi connectivity index (χ3n) is 4.10. The van der Waals surface area contributed by atoms with Gasteiger partial charge < -0.3 is 14.6 Å². The molecular weight excluding hydrogens is 252 g/mol. The summed E-state index contributed by atoms with van der Waals surface area (Å²) in [5.74, 6) is 2.01. The van der Waals surface area contributed by atoms with E-state index < -0.39 is 0 Å². The molecular formula is C15H18N4O. The molecule has 0 saturated carbocycles. The maximum atomic E-state index is 5.76. The molecule has 1 aromatic heterocycles. The Morgan fingerprint density at radius 2 is 2.00 bits per heavy atom. The fourth-order valence-electron chi connectivity index (χ4n) is 3.11. The first-order valence-electron chi connectivity index (χ1n) is 7.26. The quantitative estimate of drug-likeness (QED) is 0.904. The normalized spacial score (nSPS) is 25.6. The maximum Gasteiger partial charge on any atom is 0.162 e. The summed E-state index contributed by atoms with van der Waals surface area (Å²) in [6.07, 6.45) is 2.31. The molecule has 3 heterocycles. The van der Waals surface area contributed by atoms with E-state index >= 15 is 0 Å². The minimum absolute atomic E-state index is 0.130. The van der Waals surface area contributed by atoms with Crippen molar-refractivity contribution in [2.45, 2.75) is 31.5 Å². The number of rotatable bonds is 2. The van der Waals surface area contributed by atoms with Crippen LogP contribution in [0.5, 0.6) is 0 Å². The lowest BCUT2D eigenvalue weighted by molar-refractivity contribution is 0.101. The zero-order valence-corrected chi connectivity index (χ0v) is 11.3. The summed E-state index contributed by atoms with van der Waals surface area (Å²) in [4.78, 5) is 0. The summed E-state index contributed by atoms with van der Waals surface area (Å²) < 4.78 is 8.00. The minimum Gasteiger partial charge on any atom is -0.370 e. The van der Waals surface area contributed by atoms with E-state index in [1.165, 1.54) is 5.56 Å². The van der Waals surface area contributed by atoms with E-state index in [2.05, 4.69) is 44.3 Å². The van der Waals surface area contributed by atoms with E-state index in [1.807, 2.05) is 6.07 Å². The van der Waals surface area contributed by atoms with Crippen molar-refractivity contribution >= 4 is 0 Å². The van der Waals surface area contributed by atoms with Gasteiger partial charge in [0.15, 0.2) is 11.6 Å². The lowest BCUT2D eigenvalue weighted by Gasteiger charge is -2.26. The second-order valence-corrected chi connectivity index (χ2v) is 5.37. The van der Waals surface area contributed by atoms with Gasteiger partial charge in [0.1, 0.15) is 6.10 Å². The molecule has 0 amide bonds. The molecule has 1 N–H and O–H groups in total. The van der Waals surface area contributed by atoms with Crippen LogP contribution in [0.15, 0.2) is 30.3 Å². The van der Waals surface area contributed by atoms with Gasteiger partial charge in [-0.05, 0) is 18.4 Å². The van der Waals surface area contributed by atoms with Gasteiger partial charge in [0.2, 0.25) is 0 Å². The number of fused-ring (bicyclic) bond motifs is 1. The first kappa shape index (κ1) is 12.1. The van der Waals surface area contributed by atoms with Gasteiger partial charge in [0.25, 0.3) is 0 Å². The first-order valence-corrected chi connectivity index (χ1v) is 7.26. The molecule has 5 heteroatoms. The highest BCUT2D eigenvalue weighted by Gasteiger charge is 2.30. The van der Waals surface area contributed by atoms with Crippen molar-refractivity contribution in [1.29, 1.82) is 0 Å². The molecule has 1 fully saturated rings. The molecule has 2 aliphatic rings. The highest BCUT2D eigenvalue weighted by atomic mass is 16.5. The summed E-state index contributed by atoms with van der Waals surface area (Å²) in [5, 5.41) is 12.4. The molecule has 2 aromatic rings. The highest BCUT2D eigenvalue weighted by Crippen LogP contribution is 2.31. The van der Waals surface area contributed by atoms with E-state index in [9.17, 15) is 0 Å². The molecule has 104 valence electrons. The lowest BCUT2D eigenvalue weighted by Crippen LogP contribution is -2.35. The van der Waals surface area contributed by atoms with E-state index in [-0.39, 0.29) is 12.1 Å². The van der Waals surface area contributed by atoms with Crippen molar-refractivity contribution in [3.63, 3.8) is 0 Å². The Hall–Kier alpha value is -1.72. The van der Waals surface area contributed by atoms with Crippen LogP contribution in [-0.2, 0) is 11.3 Å². The van der Waals surface area contributed by atoms with Gasteiger partial charge in [0, 0.05) is 19.7 Å². The van der Waals surface area contributed by atoms with Gasteiger partial charge in [-0.1, -0.05) is 30.3 Å². The van der Waals surface area contributed by atoms with Crippen LogP contribution in [0.25, 0.3) is 0 Å². The van der Waals surface area contributed by atoms with Crippen molar-refractivity contribution in [2.24, 2.45) is 0 Å². The Bertz CT molecular complexity index is 589. The number of hydrogen-bond acceptors (Lipinski definition) is 4. The lowest BCUT2D eigenvalue weighted by atomic mass is 10.0. The molecule has 20 heavy (non-hydrogen) atoms. The van der Waals surface area contributed by atoms with E-state index in [4.69, 9.17) is 4.74 Å². The second-order valence-electron chi connectivity index (χ2n) is 5.37. The fourth-order valence-corrected chi connectivity index (χ4v) is 3.11. The van der Waals surface area contributed by atoms with Crippen LogP contribution >= 0.6 is 0 Å². The van der Waals surface area contributed by atoms with Crippen LogP contribution in [0.2, 0.25) is 0 Å². The van der Waals surface area contributed by atoms with Gasteiger partial charge in [-0.15, -0.1) is 10.2 Å². The second kappa shape index (κ2) is 5.00. The molecule has 0 spiro atoms. The van der Waals surface area contributed by atoms with Crippen LogP contribution < -0.4 is 5.32 Å². The summed E-state index contributed by atoms with van der Waals surface area (Å²) in [6.45, 7) is 2.69. The topological polar surface area (TPSA) is 52.0 Å². The zero-order valence-electron chi connectivity index (χ0n) is 11.3. The standard InChI is InChI=1S/C15H18N4O/c1-2-5-11(6-3-1)13-15-18-17-14(12-7-4-10-20-12)19(15)9-8-16-13/h1-3,5-6,12-13,16H,4,7-10H2. The number of aromatic nitrogens is 3. The van der Waals surface area contributed by atoms with Gasteiger partial charge >= 0.3 is 0 Å². The Labute approximate surface area is 118 Å². The summed E-state index contributed by atoms with van der Waals surface area (Å²) in [6, 6.07) is 10.6. The first-order chi connectivity index (χ1) is 9.93. The molecule has 2 aliphatic heterocycles. The van der Waals surface area contributed by atoms with Crippen LogP contribution in [0.3, 0.4) is 0 Å². The molecule has 1 aromatic carbocycles. The van der Waals surface area contributed by atoms with Crippen molar-refractivity contribution in [2.75, 3.05) is 13.2 Å². The van der Waals surface area contributed by atoms with Crippen molar-refractivity contribution in [1.82, 2.24) is 20.1 Å². The molecule has 4 rings (SSSR count). The maximum absolute atomic E-state index is 5.76. The molecule has 2 atom stereocenters. The van der Waals surface area contributed by atoms with Gasteiger partial charge in [-0.2, -0.15) is 0 Å². The van der Waals surface area contributed by atoms with Crippen molar-refractivity contribution in [3.05, 3.63) is 47.5 Å². The number of benzene rings is 1. The Morgan fingerprint density at radius 3 is 2.80 bits per heavy atom. The highest BCUT2D eigenvalue weighted by molar-refractivity contribution is 5.26. The summed E-state index contributed by atoms with van der Waals surface area (Å²) in [7, 11) is 0. The zero-order chi connectivity index (χ0) is 13.4. The summed E-state index contributed by atoms with van der Waals surface area (Å²) >= 11 is 0. The van der Waals surface area contributed by atoms with Crippen LogP contribution in [0, 0.1) is 0 Å². The molecule has 0 radical (unpaired) electrons. The van der Waals surface area contributed by atoms with Crippen LogP contribution in [0.4, 0.5) is 0 Å². The van der Waals surface area contributed by atoms with Crippen molar-refractivity contribution < 1.29 is 4.74 Å². The number of hydrogen-bond donors (Lipinski definition) is 1. The van der Waals surface area contributed by atoms with E-state index in [0.29, 0.717) is 0 Å². The SMILES string of the molecule is c1ccc(C2NCCn3c(C4CCCO4)nnc32)cc1. The number of ether oxygens (including phenoxy) is 1. The monoisotopic (exact) mass is 270 g/mol. The third kappa shape index (κ3) is 1.94. The molecule has 2 unspecified atom stereocenters. The van der Waals surface area contributed by atoms with Gasteiger partial charge in [0.05, 0.1) is 6.04 Å².